The summed E-state index contributed by atoms with van der Waals surface area (Å²) in [6, 6.07) is 1.84. The molecular formula is C6H4ClIOS. The summed E-state index contributed by atoms with van der Waals surface area (Å²) in [5.74, 6) is 0.0770. The van der Waals surface area contributed by atoms with Crippen LogP contribution in [0.5, 0.6) is 0 Å². The normalized spacial score (nSPS) is 9.80. The van der Waals surface area contributed by atoms with Crippen molar-refractivity contribution < 1.29 is 4.79 Å². The lowest BCUT2D eigenvalue weighted by atomic mass is 10.2. The molecule has 0 bridgehead atoms. The number of rotatable bonds is 2. The number of ketones is 1. The fourth-order valence-corrected chi connectivity index (χ4v) is 2.04. The molecule has 0 atom stereocenters. The molecule has 54 valence electrons. The van der Waals surface area contributed by atoms with Gasteiger partial charge in [-0.2, -0.15) is 0 Å². The lowest BCUT2D eigenvalue weighted by molar-refractivity contribution is 0.102. The monoisotopic (exact) mass is 286 g/mol. The highest BCUT2D eigenvalue weighted by molar-refractivity contribution is 14.1. The number of Topliss-reactive ketones (excluding diaryl/α,β-unsaturated/α-hetero) is 1. The molecular weight excluding hydrogens is 282 g/mol. The van der Waals surface area contributed by atoms with Crippen molar-refractivity contribution in [1.82, 2.24) is 0 Å². The Morgan fingerprint density at radius 2 is 2.50 bits per heavy atom. The van der Waals surface area contributed by atoms with Crippen molar-refractivity contribution in [3.05, 3.63) is 19.9 Å². The van der Waals surface area contributed by atoms with Crippen LogP contribution in [0.3, 0.4) is 0 Å². The number of hydrogen-bond acceptors (Lipinski definition) is 2. The third-order valence-electron chi connectivity index (χ3n) is 1.01. The minimum Gasteiger partial charge on any atom is -0.293 e. The zero-order chi connectivity index (χ0) is 7.56. The Hall–Kier alpha value is 0.390. The zero-order valence-electron chi connectivity index (χ0n) is 4.93. The molecule has 1 nitrogen and oxygen atoms in total. The fraction of sp³-hybridized carbons (Fsp3) is 0.167. The van der Waals surface area contributed by atoms with Gasteiger partial charge in [0.1, 0.15) is 0 Å². The van der Waals surface area contributed by atoms with Gasteiger partial charge in [-0.15, -0.1) is 22.9 Å². The highest BCUT2D eigenvalue weighted by Gasteiger charge is 2.04. The summed E-state index contributed by atoms with van der Waals surface area (Å²) in [5.41, 5.74) is 0.726. The van der Waals surface area contributed by atoms with Crippen molar-refractivity contribution in [2.75, 3.05) is 5.88 Å². The Bertz CT molecular complexity index is 246. The Balaban J connectivity index is 2.85. The summed E-state index contributed by atoms with van der Waals surface area (Å²) < 4.78 is 1.12. The van der Waals surface area contributed by atoms with Gasteiger partial charge in [0.05, 0.1) is 8.76 Å². The smallest absolute Gasteiger partial charge is 0.178 e. The molecule has 1 aromatic heterocycles. The average Bonchev–Trinajstić information content (AvgIpc) is 2.34. The molecule has 0 aliphatic carbocycles. The van der Waals surface area contributed by atoms with E-state index < -0.39 is 0 Å². The molecule has 4 heteroatoms. The number of halogens is 2. The highest BCUT2D eigenvalue weighted by Crippen LogP contribution is 2.17. The number of alkyl halides is 1. The van der Waals surface area contributed by atoms with E-state index >= 15 is 0 Å². The van der Waals surface area contributed by atoms with Gasteiger partial charge in [0.15, 0.2) is 5.78 Å². The molecule has 1 heterocycles. The molecule has 0 aliphatic rings. The lowest BCUT2D eigenvalue weighted by Gasteiger charge is -1.85. The third kappa shape index (κ3) is 1.93. The van der Waals surface area contributed by atoms with Crippen LogP contribution in [0, 0.1) is 2.88 Å². The van der Waals surface area contributed by atoms with Gasteiger partial charge in [-0.1, -0.05) is 0 Å². The van der Waals surface area contributed by atoms with Crippen molar-refractivity contribution in [2.45, 2.75) is 0 Å². The van der Waals surface area contributed by atoms with Crippen LogP contribution in [0.15, 0.2) is 11.4 Å². The first kappa shape index (κ1) is 8.49. The molecule has 0 unspecified atom stereocenters. The van der Waals surface area contributed by atoms with E-state index in [0.29, 0.717) is 0 Å². The Labute approximate surface area is 81.5 Å². The van der Waals surface area contributed by atoms with Crippen LogP contribution in [-0.2, 0) is 0 Å². The van der Waals surface area contributed by atoms with Crippen molar-refractivity contribution in [3.8, 4) is 0 Å². The second kappa shape index (κ2) is 3.69. The van der Waals surface area contributed by atoms with Gasteiger partial charge in [0, 0.05) is 10.9 Å². The first-order valence-electron chi connectivity index (χ1n) is 2.57. The summed E-state index contributed by atoms with van der Waals surface area (Å²) in [5, 5.41) is 1.83. The van der Waals surface area contributed by atoms with Gasteiger partial charge in [-0.05, 0) is 28.7 Å². The first-order chi connectivity index (χ1) is 4.74. The molecule has 0 saturated heterocycles. The molecule has 0 aliphatic heterocycles. The van der Waals surface area contributed by atoms with Gasteiger partial charge in [0.2, 0.25) is 0 Å². The van der Waals surface area contributed by atoms with Crippen LogP contribution in [0.25, 0.3) is 0 Å². The van der Waals surface area contributed by atoms with Crippen molar-refractivity contribution >= 4 is 51.3 Å². The Morgan fingerprint density at radius 1 is 1.80 bits per heavy atom. The maximum Gasteiger partial charge on any atom is 0.178 e. The van der Waals surface area contributed by atoms with Crippen LogP contribution in [-0.4, -0.2) is 11.7 Å². The molecule has 0 radical (unpaired) electrons. The topological polar surface area (TPSA) is 17.1 Å². The maximum atomic E-state index is 10.9. The van der Waals surface area contributed by atoms with Crippen LogP contribution in [0.4, 0.5) is 0 Å². The van der Waals surface area contributed by atoms with E-state index in [-0.39, 0.29) is 11.7 Å². The second-order valence-corrected chi connectivity index (χ2v) is 4.77. The van der Waals surface area contributed by atoms with Crippen LogP contribution in [0.2, 0.25) is 0 Å². The quantitative estimate of drug-likeness (QED) is 0.464. The third-order valence-corrected chi connectivity index (χ3v) is 3.04. The lowest BCUT2D eigenvalue weighted by Crippen LogP contribution is -1.96. The molecule has 0 N–H and O–H groups in total. The molecule has 10 heavy (non-hydrogen) atoms. The second-order valence-electron chi connectivity index (χ2n) is 1.70. The van der Waals surface area contributed by atoms with E-state index in [1.165, 1.54) is 0 Å². The number of carbonyl (C=O) groups excluding carboxylic acids is 1. The fourth-order valence-electron chi connectivity index (χ4n) is 0.533. The number of carbonyl (C=O) groups is 1. The van der Waals surface area contributed by atoms with E-state index in [4.69, 9.17) is 11.6 Å². The zero-order valence-corrected chi connectivity index (χ0v) is 8.66. The molecule has 0 aromatic carbocycles. The van der Waals surface area contributed by atoms with Gasteiger partial charge >= 0.3 is 0 Å². The van der Waals surface area contributed by atoms with Gasteiger partial charge < -0.3 is 0 Å². The van der Waals surface area contributed by atoms with E-state index in [1.54, 1.807) is 11.3 Å². The van der Waals surface area contributed by atoms with Gasteiger partial charge in [0.25, 0.3) is 0 Å². The summed E-state index contributed by atoms with van der Waals surface area (Å²) >= 11 is 9.08. The summed E-state index contributed by atoms with van der Waals surface area (Å²) in [6.45, 7) is 0. The SMILES string of the molecule is O=C(CCl)c1csc(I)c1. The van der Waals surface area contributed by atoms with E-state index in [0.717, 1.165) is 8.45 Å². The van der Waals surface area contributed by atoms with Crippen molar-refractivity contribution in [3.63, 3.8) is 0 Å². The minimum absolute atomic E-state index is 0.000771. The van der Waals surface area contributed by atoms with E-state index in [2.05, 4.69) is 22.6 Å². The van der Waals surface area contributed by atoms with Crippen molar-refractivity contribution in [1.29, 1.82) is 0 Å². The van der Waals surface area contributed by atoms with Crippen molar-refractivity contribution in [2.24, 2.45) is 0 Å². The summed E-state index contributed by atoms with van der Waals surface area (Å²) in [4.78, 5) is 10.9. The minimum atomic E-state index is 0.000771. The highest BCUT2D eigenvalue weighted by atomic mass is 127. The molecule has 0 amide bonds. The van der Waals surface area contributed by atoms with Gasteiger partial charge in [-0.3, -0.25) is 4.79 Å². The van der Waals surface area contributed by atoms with Crippen LogP contribution >= 0.6 is 45.5 Å². The van der Waals surface area contributed by atoms with E-state index in [1.807, 2.05) is 11.4 Å². The van der Waals surface area contributed by atoms with Gasteiger partial charge in [-0.25, -0.2) is 0 Å². The number of thiophene rings is 1. The first-order valence-corrected chi connectivity index (χ1v) is 5.06. The van der Waals surface area contributed by atoms with Crippen LogP contribution < -0.4 is 0 Å². The Morgan fingerprint density at radius 3 is 2.90 bits per heavy atom. The Kier molecular flexibility index (Phi) is 3.13. The molecule has 1 aromatic rings. The predicted octanol–water partition coefficient (Wildman–Crippen LogP) is 2.77. The summed E-state index contributed by atoms with van der Waals surface area (Å²) in [6.07, 6.45) is 0. The van der Waals surface area contributed by atoms with Crippen LogP contribution in [0.1, 0.15) is 10.4 Å². The number of hydrogen-bond donors (Lipinski definition) is 0. The maximum absolute atomic E-state index is 10.9. The standard InChI is InChI=1S/C6H4ClIOS/c7-2-5(9)4-1-6(8)10-3-4/h1,3H,2H2. The molecule has 0 spiro atoms. The predicted molar refractivity (Wildman–Crippen MR) is 52.1 cm³/mol. The molecule has 0 fully saturated rings. The summed E-state index contributed by atoms with van der Waals surface area (Å²) in [7, 11) is 0. The largest absolute Gasteiger partial charge is 0.293 e. The molecule has 0 saturated carbocycles. The molecule has 1 rings (SSSR count). The average molecular weight is 287 g/mol. The van der Waals surface area contributed by atoms with E-state index in [9.17, 15) is 4.79 Å².